The van der Waals surface area contributed by atoms with Crippen LogP contribution in [0.2, 0.25) is 0 Å². The number of fused-ring (bicyclic) bond motifs is 1. The van der Waals surface area contributed by atoms with E-state index in [1.165, 1.54) is 0 Å². The summed E-state index contributed by atoms with van der Waals surface area (Å²) in [6.07, 6.45) is 4.67. The highest BCUT2D eigenvalue weighted by Crippen LogP contribution is 2.36. The molecule has 0 spiro atoms. The summed E-state index contributed by atoms with van der Waals surface area (Å²) >= 11 is 0. The predicted octanol–water partition coefficient (Wildman–Crippen LogP) is 3.17. The first-order chi connectivity index (χ1) is 13.0. The highest BCUT2D eigenvalue weighted by atomic mass is 19.3. The van der Waals surface area contributed by atoms with Crippen molar-refractivity contribution >= 4 is 5.52 Å². The van der Waals surface area contributed by atoms with E-state index in [0.717, 1.165) is 18.7 Å². The molecule has 6 nitrogen and oxygen atoms in total. The van der Waals surface area contributed by atoms with Gasteiger partial charge < -0.3 is 4.74 Å². The molecule has 0 N–H and O–H groups in total. The van der Waals surface area contributed by atoms with Crippen LogP contribution in [-0.4, -0.2) is 38.3 Å². The van der Waals surface area contributed by atoms with Crippen molar-refractivity contribution in [3.05, 3.63) is 28.2 Å². The van der Waals surface area contributed by atoms with Crippen molar-refractivity contribution < 1.29 is 13.5 Å². The van der Waals surface area contributed by atoms with E-state index in [-0.39, 0.29) is 30.2 Å². The van der Waals surface area contributed by atoms with Crippen molar-refractivity contribution in [2.45, 2.75) is 70.3 Å². The standard InChI is InChI=1S/C19H26F2N4O2/c1-2-16-23-25-15(11-22-17(25)14-5-9-27-10-6-14)18(26)24(16)12-13-3-7-19(20,21)8-4-13/h11,13-14H,2-10,12H2,1H3. The quantitative estimate of drug-likeness (QED) is 0.817. The molecule has 8 heteroatoms. The second kappa shape index (κ2) is 7.30. The minimum Gasteiger partial charge on any atom is -0.381 e. The molecule has 27 heavy (non-hydrogen) atoms. The summed E-state index contributed by atoms with van der Waals surface area (Å²) in [5.41, 5.74) is 0.347. The molecule has 2 fully saturated rings. The van der Waals surface area contributed by atoms with Gasteiger partial charge >= 0.3 is 0 Å². The van der Waals surface area contributed by atoms with Crippen molar-refractivity contribution in [3.8, 4) is 0 Å². The van der Waals surface area contributed by atoms with Gasteiger partial charge in [-0.2, -0.15) is 5.10 Å². The van der Waals surface area contributed by atoms with E-state index in [1.54, 1.807) is 15.3 Å². The Morgan fingerprint density at radius 1 is 1.22 bits per heavy atom. The summed E-state index contributed by atoms with van der Waals surface area (Å²) < 4.78 is 35.7. The molecule has 0 atom stereocenters. The van der Waals surface area contributed by atoms with Crippen molar-refractivity contribution in [3.63, 3.8) is 0 Å². The van der Waals surface area contributed by atoms with Crippen LogP contribution >= 0.6 is 0 Å². The van der Waals surface area contributed by atoms with Crippen LogP contribution in [0, 0.1) is 5.92 Å². The number of halogens is 2. The number of nitrogens with zero attached hydrogens (tertiary/aromatic N) is 4. The molecule has 0 radical (unpaired) electrons. The number of hydrogen-bond acceptors (Lipinski definition) is 4. The van der Waals surface area contributed by atoms with Crippen molar-refractivity contribution in [2.75, 3.05) is 13.2 Å². The van der Waals surface area contributed by atoms with Gasteiger partial charge in [0, 0.05) is 44.9 Å². The Morgan fingerprint density at radius 3 is 2.59 bits per heavy atom. The number of alkyl halides is 2. The Balaban J connectivity index is 1.65. The first-order valence-corrected chi connectivity index (χ1v) is 9.91. The minimum absolute atomic E-state index is 0.0924. The maximum atomic E-state index is 13.4. The van der Waals surface area contributed by atoms with Crippen LogP contribution in [0.3, 0.4) is 0 Å². The van der Waals surface area contributed by atoms with E-state index in [1.807, 2.05) is 6.92 Å². The molecular formula is C19H26F2N4O2. The molecule has 3 heterocycles. The first-order valence-electron chi connectivity index (χ1n) is 9.91. The highest BCUT2D eigenvalue weighted by Gasteiger charge is 2.35. The number of rotatable bonds is 4. The van der Waals surface area contributed by atoms with Gasteiger partial charge in [0.25, 0.3) is 5.56 Å². The average molecular weight is 380 g/mol. The number of hydrogen-bond donors (Lipinski definition) is 0. The van der Waals surface area contributed by atoms with Crippen LogP contribution in [0.4, 0.5) is 8.78 Å². The Bertz CT molecular complexity index is 860. The predicted molar refractivity (Wildman–Crippen MR) is 96.3 cm³/mol. The van der Waals surface area contributed by atoms with Crippen LogP contribution in [-0.2, 0) is 17.7 Å². The van der Waals surface area contributed by atoms with Gasteiger partial charge in [0.1, 0.15) is 11.6 Å². The molecule has 0 bridgehead atoms. The van der Waals surface area contributed by atoms with Gasteiger partial charge in [-0.25, -0.2) is 18.3 Å². The lowest BCUT2D eigenvalue weighted by molar-refractivity contribution is -0.0475. The van der Waals surface area contributed by atoms with E-state index in [0.29, 0.717) is 50.4 Å². The second-order valence-corrected chi connectivity index (χ2v) is 7.78. The Hall–Kier alpha value is -1.83. The number of aromatic nitrogens is 4. The maximum absolute atomic E-state index is 13.4. The third-order valence-corrected chi connectivity index (χ3v) is 5.94. The SMILES string of the molecule is CCc1nn2c(C3CCOCC3)ncc2c(=O)n1CC1CCC(F)(F)CC1. The summed E-state index contributed by atoms with van der Waals surface area (Å²) in [5, 5.41) is 4.71. The van der Waals surface area contributed by atoms with Crippen LogP contribution in [0.5, 0.6) is 0 Å². The molecule has 2 aromatic heterocycles. The third-order valence-electron chi connectivity index (χ3n) is 5.94. The fourth-order valence-corrected chi connectivity index (χ4v) is 4.26. The van der Waals surface area contributed by atoms with Crippen LogP contribution in [0.25, 0.3) is 5.52 Å². The van der Waals surface area contributed by atoms with Gasteiger partial charge in [0.15, 0.2) is 5.52 Å². The average Bonchev–Trinajstić information content (AvgIpc) is 3.10. The van der Waals surface area contributed by atoms with Crippen molar-refractivity contribution in [1.82, 2.24) is 19.2 Å². The zero-order valence-corrected chi connectivity index (χ0v) is 15.7. The molecule has 1 aliphatic carbocycles. The molecule has 4 rings (SSSR count). The van der Waals surface area contributed by atoms with Gasteiger partial charge in [0.05, 0.1) is 6.20 Å². The van der Waals surface area contributed by atoms with E-state index in [9.17, 15) is 13.6 Å². The maximum Gasteiger partial charge on any atom is 0.279 e. The molecule has 0 aromatic carbocycles. The van der Waals surface area contributed by atoms with Gasteiger partial charge in [-0.05, 0) is 31.6 Å². The zero-order chi connectivity index (χ0) is 19.0. The largest absolute Gasteiger partial charge is 0.381 e. The third kappa shape index (κ3) is 3.63. The Morgan fingerprint density at radius 2 is 1.93 bits per heavy atom. The molecule has 2 aromatic rings. The summed E-state index contributed by atoms with van der Waals surface area (Å²) in [6.45, 7) is 3.82. The molecule has 0 amide bonds. The van der Waals surface area contributed by atoms with Crippen LogP contribution in [0.1, 0.15) is 63.0 Å². The summed E-state index contributed by atoms with van der Waals surface area (Å²) in [4.78, 5) is 17.6. The van der Waals surface area contributed by atoms with Crippen molar-refractivity contribution in [2.24, 2.45) is 5.92 Å². The first kappa shape index (κ1) is 18.5. The van der Waals surface area contributed by atoms with E-state index in [2.05, 4.69) is 4.98 Å². The molecular weight excluding hydrogens is 354 g/mol. The molecule has 1 saturated heterocycles. The summed E-state index contributed by atoms with van der Waals surface area (Å²) in [6, 6.07) is 0. The smallest absolute Gasteiger partial charge is 0.279 e. The number of imidazole rings is 1. The van der Waals surface area contributed by atoms with Crippen molar-refractivity contribution in [1.29, 1.82) is 0 Å². The molecule has 1 aliphatic heterocycles. The second-order valence-electron chi connectivity index (χ2n) is 7.78. The van der Waals surface area contributed by atoms with Gasteiger partial charge in [-0.1, -0.05) is 6.92 Å². The van der Waals surface area contributed by atoms with Gasteiger partial charge in [-0.15, -0.1) is 0 Å². The lowest BCUT2D eigenvalue weighted by Gasteiger charge is -2.29. The fraction of sp³-hybridized carbons (Fsp3) is 0.737. The molecule has 2 aliphatic rings. The van der Waals surface area contributed by atoms with Gasteiger partial charge in [-0.3, -0.25) is 9.36 Å². The molecule has 148 valence electrons. The fourth-order valence-electron chi connectivity index (χ4n) is 4.26. The lowest BCUT2D eigenvalue weighted by Crippen LogP contribution is -2.33. The normalized spacial score (nSPS) is 21.7. The summed E-state index contributed by atoms with van der Waals surface area (Å²) in [7, 11) is 0. The van der Waals surface area contributed by atoms with E-state index >= 15 is 0 Å². The minimum atomic E-state index is -2.55. The molecule has 1 saturated carbocycles. The monoisotopic (exact) mass is 380 g/mol. The topological polar surface area (TPSA) is 61.4 Å². The van der Waals surface area contributed by atoms with E-state index in [4.69, 9.17) is 9.84 Å². The van der Waals surface area contributed by atoms with E-state index < -0.39 is 5.92 Å². The number of aryl methyl sites for hydroxylation is 1. The Kier molecular flexibility index (Phi) is 5.01. The summed E-state index contributed by atoms with van der Waals surface area (Å²) in [5.74, 6) is -0.703. The zero-order valence-electron chi connectivity index (χ0n) is 15.7. The highest BCUT2D eigenvalue weighted by molar-refractivity contribution is 5.43. The Labute approximate surface area is 156 Å². The van der Waals surface area contributed by atoms with Crippen LogP contribution < -0.4 is 5.56 Å². The molecule has 0 unspecified atom stereocenters. The lowest BCUT2D eigenvalue weighted by atomic mass is 9.86. The van der Waals surface area contributed by atoms with Crippen LogP contribution in [0.15, 0.2) is 11.0 Å². The van der Waals surface area contributed by atoms with Gasteiger partial charge in [0.2, 0.25) is 5.92 Å². The number of ether oxygens (including phenoxy) is 1.